The molecule has 30 heavy (non-hydrogen) atoms. The first kappa shape index (κ1) is 20.8. The van der Waals surface area contributed by atoms with Gasteiger partial charge in [0.25, 0.3) is 0 Å². The number of nitrogens with one attached hydrogen (secondary N) is 1. The Balaban J connectivity index is 1.29. The lowest BCUT2D eigenvalue weighted by molar-refractivity contribution is -0.128. The number of thioether (sulfide) groups is 1. The molecule has 0 radical (unpaired) electrons. The van der Waals surface area contributed by atoms with Gasteiger partial charge in [-0.05, 0) is 23.3 Å². The highest BCUT2D eigenvalue weighted by Gasteiger charge is 2.34. The number of hydrogen-bond acceptors (Lipinski definition) is 6. The van der Waals surface area contributed by atoms with E-state index in [4.69, 9.17) is 11.6 Å². The number of rotatable bonds is 7. The Bertz CT molecular complexity index is 1030. The quantitative estimate of drug-likeness (QED) is 0.417. The molecule has 0 aliphatic carbocycles. The van der Waals surface area contributed by atoms with Gasteiger partial charge in [0.15, 0.2) is 4.34 Å². The van der Waals surface area contributed by atoms with E-state index in [0.29, 0.717) is 23.2 Å². The largest absolute Gasteiger partial charge is 0.338 e. The third kappa shape index (κ3) is 5.38. The predicted molar refractivity (Wildman–Crippen MR) is 120 cm³/mol. The molecular weight excluding hydrogens is 440 g/mol. The second-order valence-electron chi connectivity index (χ2n) is 6.94. The zero-order chi connectivity index (χ0) is 20.9. The van der Waals surface area contributed by atoms with Gasteiger partial charge in [0.05, 0.1) is 5.92 Å². The van der Waals surface area contributed by atoms with Crippen LogP contribution in [0.15, 0.2) is 58.9 Å². The average Bonchev–Trinajstić information content (AvgIpc) is 3.35. The van der Waals surface area contributed by atoms with E-state index in [1.165, 1.54) is 11.3 Å². The smallest absolute Gasteiger partial charge is 0.231 e. The maximum Gasteiger partial charge on any atom is 0.231 e. The molecule has 1 atom stereocenters. The van der Waals surface area contributed by atoms with Crippen molar-refractivity contribution in [2.45, 2.75) is 23.1 Å². The zero-order valence-corrected chi connectivity index (χ0v) is 18.3. The lowest BCUT2D eigenvalue weighted by atomic mass is 10.1. The van der Waals surface area contributed by atoms with Crippen LogP contribution in [0.3, 0.4) is 0 Å². The number of nitrogens with zero attached hydrogens (tertiary/aromatic N) is 3. The number of carbonyl (C=O) groups excluding carboxylic acids is 2. The zero-order valence-electron chi connectivity index (χ0n) is 16.0. The van der Waals surface area contributed by atoms with Gasteiger partial charge in [-0.25, -0.2) is 0 Å². The Kier molecular flexibility index (Phi) is 6.66. The van der Waals surface area contributed by atoms with Gasteiger partial charge in [-0.2, -0.15) is 0 Å². The van der Waals surface area contributed by atoms with Gasteiger partial charge in [-0.3, -0.25) is 9.59 Å². The SMILES string of the molecule is O=C(Nc1nnc(SCc2ccc(Cl)cc2)s1)[C@H]1CC(=O)N(Cc2ccccc2)C1. The molecule has 2 aromatic carbocycles. The summed E-state index contributed by atoms with van der Waals surface area (Å²) in [6.45, 7) is 0.935. The van der Waals surface area contributed by atoms with Crippen LogP contribution < -0.4 is 5.32 Å². The number of likely N-dealkylation sites (tertiary alicyclic amines) is 1. The molecule has 0 saturated carbocycles. The number of aromatic nitrogens is 2. The van der Waals surface area contributed by atoms with Gasteiger partial charge in [-0.15, -0.1) is 10.2 Å². The normalized spacial score (nSPS) is 16.1. The van der Waals surface area contributed by atoms with E-state index in [0.717, 1.165) is 21.2 Å². The standard InChI is InChI=1S/C21H19ClN4O2S2/c22-17-8-6-15(7-9-17)13-29-21-25-24-20(30-21)23-19(28)16-10-18(27)26(12-16)11-14-4-2-1-3-5-14/h1-9,16H,10-13H2,(H,23,24,28)/t16-/m0/s1. The summed E-state index contributed by atoms with van der Waals surface area (Å²) in [6, 6.07) is 17.4. The molecule has 0 bridgehead atoms. The van der Waals surface area contributed by atoms with Gasteiger partial charge in [0.1, 0.15) is 0 Å². The van der Waals surface area contributed by atoms with Crippen molar-refractivity contribution in [1.82, 2.24) is 15.1 Å². The van der Waals surface area contributed by atoms with Crippen molar-refractivity contribution < 1.29 is 9.59 Å². The minimum Gasteiger partial charge on any atom is -0.338 e. The van der Waals surface area contributed by atoms with E-state index >= 15 is 0 Å². The number of halogens is 1. The summed E-state index contributed by atoms with van der Waals surface area (Å²) in [6.07, 6.45) is 0.218. The van der Waals surface area contributed by atoms with Crippen LogP contribution in [0.5, 0.6) is 0 Å². The van der Waals surface area contributed by atoms with Crippen LogP contribution in [0.25, 0.3) is 0 Å². The Morgan fingerprint density at radius 3 is 2.67 bits per heavy atom. The average molecular weight is 459 g/mol. The molecule has 2 heterocycles. The molecule has 3 aromatic rings. The van der Waals surface area contributed by atoms with E-state index in [2.05, 4.69) is 15.5 Å². The highest BCUT2D eigenvalue weighted by molar-refractivity contribution is 8.00. The van der Waals surface area contributed by atoms with Gasteiger partial charge in [0, 0.05) is 30.3 Å². The molecule has 9 heteroatoms. The molecule has 0 unspecified atom stereocenters. The van der Waals surface area contributed by atoms with E-state index in [9.17, 15) is 9.59 Å². The number of amides is 2. The number of carbonyl (C=O) groups is 2. The fourth-order valence-corrected chi connectivity index (χ4v) is 4.99. The molecular formula is C21H19ClN4O2S2. The summed E-state index contributed by atoms with van der Waals surface area (Å²) in [5, 5.41) is 12.2. The molecule has 1 fully saturated rings. The van der Waals surface area contributed by atoms with Crippen LogP contribution in [-0.4, -0.2) is 33.5 Å². The number of hydrogen-bond donors (Lipinski definition) is 1. The van der Waals surface area contributed by atoms with Gasteiger partial charge in [0.2, 0.25) is 16.9 Å². The lowest BCUT2D eigenvalue weighted by Gasteiger charge is -2.16. The fourth-order valence-electron chi connectivity index (χ4n) is 3.16. The Morgan fingerprint density at radius 1 is 1.13 bits per heavy atom. The van der Waals surface area contributed by atoms with E-state index in [1.807, 2.05) is 54.6 Å². The van der Waals surface area contributed by atoms with Gasteiger partial charge >= 0.3 is 0 Å². The fraction of sp³-hybridized carbons (Fsp3) is 0.238. The van der Waals surface area contributed by atoms with Crippen molar-refractivity contribution in [2.24, 2.45) is 5.92 Å². The third-order valence-electron chi connectivity index (χ3n) is 4.71. The van der Waals surface area contributed by atoms with Crippen molar-refractivity contribution in [3.05, 3.63) is 70.7 Å². The highest BCUT2D eigenvalue weighted by atomic mass is 35.5. The molecule has 1 aliphatic rings. The maximum atomic E-state index is 12.6. The first-order chi connectivity index (χ1) is 14.6. The van der Waals surface area contributed by atoms with E-state index in [-0.39, 0.29) is 24.2 Å². The molecule has 0 spiro atoms. The predicted octanol–water partition coefficient (Wildman–Crippen LogP) is 4.47. The van der Waals surface area contributed by atoms with Crippen molar-refractivity contribution >= 4 is 51.6 Å². The first-order valence-electron chi connectivity index (χ1n) is 9.40. The lowest BCUT2D eigenvalue weighted by Crippen LogP contribution is -2.28. The minimum absolute atomic E-state index is 0.00419. The van der Waals surface area contributed by atoms with Crippen LogP contribution in [0.2, 0.25) is 5.02 Å². The molecule has 6 nitrogen and oxygen atoms in total. The van der Waals surface area contributed by atoms with Crippen LogP contribution >= 0.6 is 34.7 Å². The summed E-state index contributed by atoms with van der Waals surface area (Å²) in [7, 11) is 0. The summed E-state index contributed by atoms with van der Waals surface area (Å²) in [5.74, 6) is 0.167. The number of anilines is 1. The molecule has 2 amide bonds. The second-order valence-corrected chi connectivity index (χ2v) is 9.57. The van der Waals surface area contributed by atoms with E-state index in [1.54, 1.807) is 16.7 Å². The molecule has 1 aromatic heterocycles. The van der Waals surface area contributed by atoms with Crippen molar-refractivity contribution in [3.8, 4) is 0 Å². The molecule has 4 rings (SSSR count). The Morgan fingerprint density at radius 2 is 1.90 bits per heavy atom. The van der Waals surface area contributed by atoms with Crippen LogP contribution in [-0.2, 0) is 21.9 Å². The first-order valence-corrected chi connectivity index (χ1v) is 11.6. The summed E-state index contributed by atoms with van der Waals surface area (Å²) < 4.78 is 0.772. The topological polar surface area (TPSA) is 75.2 Å². The molecule has 1 aliphatic heterocycles. The van der Waals surface area contributed by atoms with Crippen molar-refractivity contribution in [3.63, 3.8) is 0 Å². The van der Waals surface area contributed by atoms with Crippen LogP contribution in [0.1, 0.15) is 17.5 Å². The van der Waals surface area contributed by atoms with Gasteiger partial charge < -0.3 is 10.2 Å². The molecule has 1 N–H and O–H groups in total. The van der Waals surface area contributed by atoms with E-state index < -0.39 is 0 Å². The Labute approximate surface area is 187 Å². The maximum absolute atomic E-state index is 12.6. The summed E-state index contributed by atoms with van der Waals surface area (Å²) in [4.78, 5) is 26.6. The minimum atomic E-state index is -0.379. The van der Waals surface area contributed by atoms with Crippen LogP contribution in [0, 0.1) is 5.92 Å². The Hall–Kier alpha value is -2.42. The van der Waals surface area contributed by atoms with Crippen molar-refractivity contribution in [2.75, 3.05) is 11.9 Å². The van der Waals surface area contributed by atoms with Gasteiger partial charge in [-0.1, -0.05) is 77.2 Å². The molecule has 1 saturated heterocycles. The van der Waals surface area contributed by atoms with Crippen molar-refractivity contribution in [1.29, 1.82) is 0 Å². The molecule has 154 valence electrons. The number of benzene rings is 2. The third-order valence-corrected chi connectivity index (χ3v) is 7.01. The summed E-state index contributed by atoms with van der Waals surface area (Å²) in [5.41, 5.74) is 2.19. The highest BCUT2D eigenvalue weighted by Crippen LogP contribution is 2.29. The second kappa shape index (κ2) is 9.59. The monoisotopic (exact) mass is 458 g/mol. The summed E-state index contributed by atoms with van der Waals surface area (Å²) >= 11 is 8.78. The van der Waals surface area contributed by atoms with Crippen LogP contribution in [0.4, 0.5) is 5.13 Å².